The zero-order valence-electron chi connectivity index (χ0n) is 6.11. The highest BCUT2D eigenvalue weighted by molar-refractivity contribution is 9.24. The Morgan fingerprint density at radius 1 is 1.17 bits per heavy atom. The number of benzene rings is 1. The van der Waals surface area contributed by atoms with E-state index in [-0.39, 0.29) is 3.74 Å². The molecule has 0 unspecified atom stereocenters. The minimum Gasteiger partial charge on any atom is -0.423 e. The normalized spacial score (nSPS) is 10.4. The maximum atomic E-state index is 8.97. The van der Waals surface area contributed by atoms with Gasteiger partial charge in [-0.2, -0.15) is 0 Å². The summed E-state index contributed by atoms with van der Waals surface area (Å²) in [6.07, 6.45) is 0. The summed E-state index contributed by atoms with van der Waals surface area (Å²) >= 11 is 6.59. The average molecular weight is 294 g/mol. The third-order valence-corrected chi connectivity index (χ3v) is 2.50. The predicted molar refractivity (Wildman–Crippen MR) is 56.9 cm³/mol. The van der Waals surface area contributed by atoms with E-state index in [4.69, 9.17) is 10.0 Å². The minimum atomic E-state index is -1.42. The van der Waals surface area contributed by atoms with Gasteiger partial charge in [0.25, 0.3) is 0 Å². The molecule has 0 atom stereocenters. The van der Waals surface area contributed by atoms with Crippen molar-refractivity contribution >= 4 is 44.4 Å². The quantitative estimate of drug-likeness (QED) is 0.634. The second-order valence-corrected chi connectivity index (χ2v) is 5.36. The Kier molecular flexibility index (Phi) is 3.77. The van der Waals surface area contributed by atoms with Crippen LogP contribution in [0.3, 0.4) is 0 Å². The molecular weight excluding hydrogens is 287 g/mol. The van der Waals surface area contributed by atoms with E-state index in [0.29, 0.717) is 5.46 Å². The highest BCUT2D eigenvalue weighted by Gasteiger charge is 2.17. The third kappa shape index (κ3) is 2.32. The van der Waals surface area contributed by atoms with E-state index >= 15 is 0 Å². The molecule has 2 N–H and O–H groups in total. The monoisotopic (exact) mass is 292 g/mol. The van der Waals surface area contributed by atoms with Crippen molar-refractivity contribution < 1.29 is 10.0 Å². The summed E-state index contributed by atoms with van der Waals surface area (Å²) in [6, 6.07) is 7.11. The molecule has 2 nitrogen and oxygen atoms in total. The van der Waals surface area contributed by atoms with Crippen LogP contribution < -0.4 is 5.46 Å². The Morgan fingerprint density at radius 2 is 1.75 bits per heavy atom. The summed E-state index contributed by atoms with van der Waals surface area (Å²) < 4.78 is -0.0528. The Bertz CT molecular complexity index is 238. The van der Waals surface area contributed by atoms with Crippen LogP contribution in [0, 0.1) is 0 Å². The minimum absolute atomic E-state index is 0.0528. The molecule has 0 aliphatic rings. The van der Waals surface area contributed by atoms with E-state index in [1.807, 2.05) is 12.1 Å². The summed E-state index contributed by atoms with van der Waals surface area (Å²) in [5.74, 6) is 0. The lowest BCUT2D eigenvalue weighted by molar-refractivity contribution is 0.425. The number of rotatable bonds is 2. The number of hydrogen-bond acceptors (Lipinski definition) is 2. The molecule has 0 amide bonds. The summed E-state index contributed by atoms with van der Waals surface area (Å²) in [5, 5.41) is 17.9. The second kappa shape index (κ2) is 4.41. The van der Waals surface area contributed by atoms with Crippen LogP contribution in [0.2, 0.25) is 0 Å². The summed E-state index contributed by atoms with van der Waals surface area (Å²) in [6.45, 7) is 0. The molecule has 1 aromatic rings. The molecule has 1 aromatic carbocycles. The predicted octanol–water partition coefficient (Wildman–Crippen LogP) is 1.15. The number of alkyl halides is 2. The lowest BCUT2D eigenvalue weighted by Crippen LogP contribution is -2.32. The molecule has 1 rings (SSSR count). The number of halogens is 2. The van der Waals surface area contributed by atoms with Crippen LogP contribution in [0.15, 0.2) is 24.3 Å². The molecule has 0 saturated carbocycles. The number of hydrogen-bond donors (Lipinski definition) is 2. The van der Waals surface area contributed by atoms with Crippen molar-refractivity contribution in [1.29, 1.82) is 0 Å². The van der Waals surface area contributed by atoms with E-state index in [2.05, 4.69) is 31.9 Å². The molecule has 0 saturated heterocycles. The standard InChI is InChI=1S/C7H7BBr2O2/c9-7(10)5-3-1-2-4-6(5)8(11)12/h1-4,7,11-12H. The molecule has 12 heavy (non-hydrogen) atoms. The van der Waals surface area contributed by atoms with Gasteiger partial charge in [0.2, 0.25) is 0 Å². The Balaban J connectivity index is 3.09. The summed E-state index contributed by atoms with van der Waals surface area (Å²) in [7, 11) is -1.42. The largest absolute Gasteiger partial charge is 0.488 e. The smallest absolute Gasteiger partial charge is 0.423 e. The van der Waals surface area contributed by atoms with Crippen molar-refractivity contribution in [2.45, 2.75) is 3.74 Å². The first-order valence-corrected chi connectivity index (χ1v) is 5.19. The van der Waals surface area contributed by atoms with Gasteiger partial charge in [0.05, 0.1) is 3.74 Å². The van der Waals surface area contributed by atoms with Gasteiger partial charge >= 0.3 is 7.12 Å². The Labute approximate surface area is 88.0 Å². The Morgan fingerprint density at radius 3 is 2.17 bits per heavy atom. The molecular formula is C7H7BBr2O2. The van der Waals surface area contributed by atoms with Crippen molar-refractivity contribution in [2.75, 3.05) is 0 Å². The van der Waals surface area contributed by atoms with Gasteiger partial charge in [0.1, 0.15) is 0 Å². The molecule has 0 fully saturated rings. The van der Waals surface area contributed by atoms with Crippen molar-refractivity contribution in [1.82, 2.24) is 0 Å². The lowest BCUT2D eigenvalue weighted by Gasteiger charge is -2.08. The van der Waals surface area contributed by atoms with Gasteiger partial charge in [-0.3, -0.25) is 0 Å². The van der Waals surface area contributed by atoms with E-state index < -0.39 is 7.12 Å². The molecule has 0 aliphatic heterocycles. The molecule has 0 aromatic heterocycles. The molecule has 0 spiro atoms. The van der Waals surface area contributed by atoms with Crippen molar-refractivity contribution in [3.05, 3.63) is 29.8 Å². The lowest BCUT2D eigenvalue weighted by atomic mass is 9.77. The Hall–Kier alpha value is 0.165. The zero-order chi connectivity index (χ0) is 9.14. The van der Waals surface area contributed by atoms with Crippen LogP contribution in [-0.2, 0) is 0 Å². The first-order chi connectivity index (χ1) is 5.63. The van der Waals surface area contributed by atoms with Crippen LogP contribution in [0.4, 0.5) is 0 Å². The first-order valence-electron chi connectivity index (χ1n) is 3.36. The molecule has 64 valence electrons. The molecule has 0 aliphatic carbocycles. The van der Waals surface area contributed by atoms with E-state index in [9.17, 15) is 0 Å². The first kappa shape index (κ1) is 10.2. The average Bonchev–Trinajstić information content (AvgIpc) is 2.04. The van der Waals surface area contributed by atoms with Gasteiger partial charge < -0.3 is 10.0 Å². The highest BCUT2D eigenvalue weighted by Crippen LogP contribution is 2.27. The molecule has 5 heteroatoms. The topological polar surface area (TPSA) is 40.5 Å². The molecule has 0 radical (unpaired) electrons. The van der Waals surface area contributed by atoms with Gasteiger partial charge in [-0.05, 0) is 11.0 Å². The molecule has 0 bridgehead atoms. The van der Waals surface area contributed by atoms with Gasteiger partial charge in [0, 0.05) is 0 Å². The van der Waals surface area contributed by atoms with Crippen molar-refractivity contribution in [3.63, 3.8) is 0 Å². The van der Waals surface area contributed by atoms with Crippen molar-refractivity contribution in [2.24, 2.45) is 0 Å². The maximum Gasteiger partial charge on any atom is 0.488 e. The van der Waals surface area contributed by atoms with Crippen LogP contribution >= 0.6 is 31.9 Å². The SMILES string of the molecule is OB(O)c1ccccc1C(Br)Br. The van der Waals surface area contributed by atoms with Crippen LogP contribution in [-0.4, -0.2) is 17.2 Å². The summed E-state index contributed by atoms with van der Waals surface area (Å²) in [4.78, 5) is 0. The van der Waals surface area contributed by atoms with E-state index in [1.54, 1.807) is 12.1 Å². The van der Waals surface area contributed by atoms with E-state index in [0.717, 1.165) is 5.56 Å². The van der Waals surface area contributed by atoms with Gasteiger partial charge in [-0.15, -0.1) is 0 Å². The fourth-order valence-electron chi connectivity index (χ4n) is 0.945. The van der Waals surface area contributed by atoms with Crippen LogP contribution in [0.5, 0.6) is 0 Å². The fourth-order valence-corrected chi connectivity index (χ4v) is 1.78. The van der Waals surface area contributed by atoms with Gasteiger partial charge in [-0.1, -0.05) is 56.1 Å². The highest BCUT2D eigenvalue weighted by atomic mass is 79.9. The van der Waals surface area contributed by atoms with Crippen molar-refractivity contribution in [3.8, 4) is 0 Å². The fraction of sp³-hybridized carbons (Fsp3) is 0.143. The third-order valence-electron chi connectivity index (χ3n) is 1.51. The van der Waals surface area contributed by atoms with Gasteiger partial charge in [-0.25, -0.2) is 0 Å². The van der Waals surface area contributed by atoms with Gasteiger partial charge in [0.15, 0.2) is 0 Å². The zero-order valence-corrected chi connectivity index (χ0v) is 9.29. The maximum absolute atomic E-state index is 8.97. The summed E-state index contributed by atoms with van der Waals surface area (Å²) in [5.41, 5.74) is 1.34. The second-order valence-electron chi connectivity index (χ2n) is 2.30. The van der Waals surface area contributed by atoms with Crippen LogP contribution in [0.25, 0.3) is 0 Å². The van der Waals surface area contributed by atoms with E-state index in [1.165, 1.54) is 0 Å². The van der Waals surface area contributed by atoms with Crippen LogP contribution in [0.1, 0.15) is 9.30 Å². The molecule has 0 heterocycles.